The quantitative estimate of drug-likeness (QED) is 0.871. The second-order valence-corrected chi connectivity index (χ2v) is 5.62. The van der Waals surface area contributed by atoms with Gasteiger partial charge in [-0.1, -0.05) is 11.6 Å². The summed E-state index contributed by atoms with van der Waals surface area (Å²) in [5.74, 6) is -0.475. The molecule has 24 heavy (non-hydrogen) atoms. The normalized spacial score (nSPS) is 14.0. The summed E-state index contributed by atoms with van der Waals surface area (Å²) in [5.41, 5.74) is 1.23. The lowest BCUT2D eigenvalue weighted by molar-refractivity contribution is 0.102. The minimum atomic E-state index is -0.481. The van der Waals surface area contributed by atoms with Crippen LogP contribution >= 0.6 is 24.0 Å². The van der Waals surface area contributed by atoms with Crippen LogP contribution in [0.4, 0.5) is 15.9 Å². The maximum Gasteiger partial charge on any atom is 0.258 e. The van der Waals surface area contributed by atoms with Gasteiger partial charge in [0.2, 0.25) is 0 Å². The van der Waals surface area contributed by atoms with Crippen LogP contribution in [0.3, 0.4) is 0 Å². The Labute approximate surface area is 150 Å². The van der Waals surface area contributed by atoms with E-state index < -0.39 is 11.7 Å². The third-order valence-corrected chi connectivity index (χ3v) is 3.96. The van der Waals surface area contributed by atoms with Gasteiger partial charge >= 0.3 is 0 Å². The zero-order valence-electron chi connectivity index (χ0n) is 12.8. The second-order valence-electron chi connectivity index (χ2n) is 5.22. The smallest absolute Gasteiger partial charge is 0.258 e. The highest BCUT2D eigenvalue weighted by molar-refractivity contribution is 6.34. The lowest BCUT2D eigenvalue weighted by Gasteiger charge is -2.29. The number of nitrogens with one attached hydrogen (secondary N) is 2. The van der Waals surface area contributed by atoms with Crippen molar-refractivity contribution >= 4 is 41.4 Å². The number of pyridine rings is 1. The molecule has 2 N–H and O–H groups in total. The summed E-state index contributed by atoms with van der Waals surface area (Å²) < 4.78 is 13.0. The van der Waals surface area contributed by atoms with Gasteiger partial charge in [-0.2, -0.15) is 0 Å². The number of hydrogen-bond donors (Lipinski definition) is 2. The molecular weight excluding hydrogens is 354 g/mol. The maximum atomic E-state index is 13.0. The van der Waals surface area contributed by atoms with Gasteiger partial charge in [0.25, 0.3) is 5.91 Å². The zero-order valence-corrected chi connectivity index (χ0v) is 14.3. The number of rotatable bonds is 3. The molecule has 2 heterocycles. The second kappa shape index (κ2) is 8.28. The minimum absolute atomic E-state index is 0. The first kappa shape index (κ1) is 18.4. The van der Waals surface area contributed by atoms with Gasteiger partial charge < -0.3 is 15.5 Å². The lowest BCUT2D eigenvalue weighted by Crippen LogP contribution is -2.43. The molecule has 1 aliphatic heterocycles. The topological polar surface area (TPSA) is 57.3 Å². The first-order chi connectivity index (χ1) is 11.1. The fourth-order valence-corrected chi connectivity index (χ4v) is 2.68. The van der Waals surface area contributed by atoms with E-state index in [9.17, 15) is 9.18 Å². The molecule has 8 heteroatoms. The molecule has 1 fully saturated rings. The highest BCUT2D eigenvalue weighted by atomic mass is 35.5. The molecule has 0 unspecified atom stereocenters. The van der Waals surface area contributed by atoms with Crippen molar-refractivity contribution in [2.75, 3.05) is 36.4 Å². The Morgan fingerprint density at radius 3 is 2.62 bits per heavy atom. The monoisotopic (exact) mass is 370 g/mol. The SMILES string of the molecule is Cl.O=C(Nc1ccc(N2CCNCC2)cn1)c1ccc(F)cc1Cl. The molecular formula is C16H17Cl2FN4O. The number of carbonyl (C=O) groups is 1. The molecule has 1 aliphatic rings. The van der Waals surface area contributed by atoms with Crippen LogP contribution in [0.25, 0.3) is 0 Å². The molecule has 0 radical (unpaired) electrons. The molecule has 0 bridgehead atoms. The average molecular weight is 371 g/mol. The van der Waals surface area contributed by atoms with Crippen molar-refractivity contribution in [2.45, 2.75) is 0 Å². The summed E-state index contributed by atoms with van der Waals surface area (Å²) in [6, 6.07) is 7.31. The van der Waals surface area contributed by atoms with Crippen molar-refractivity contribution in [3.63, 3.8) is 0 Å². The Morgan fingerprint density at radius 2 is 2.00 bits per heavy atom. The van der Waals surface area contributed by atoms with Crippen LogP contribution in [0.2, 0.25) is 5.02 Å². The van der Waals surface area contributed by atoms with Crippen LogP contribution < -0.4 is 15.5 Å². The van der Waals surface area contributed by atoms with Crippen LogP contribution in [0.5, 0.6) is 0 Å². The molecule has 1 saturated heterocycles. The van der Waals surface area contributed by atoms with Gasteiger partial charge in [-0.25, -0.2) is 9.37 Å². The fourth-order valence-electron chi connectivity index (χ4n) is 2.43. The number of amides is 1. The van der Waals surface area contributed by atoms with E-state index in [0.29, 0.717) is 5.82 Å². The summed E-state index contributed by atoms with van der Waals surface area (Å²) >= 11 is 5.88. The van der Waals surface area contributed by atoms with Crippen LogP contribution in [0.1, 0.15) is 10.4 Å². The molecule has 0 saturated carbocycles. The Morgan fingerprint density at radius 1 is 1.25 bits per heavy atom. The van der Waals surface area contributed by atoms with E-state index in [1.54, 1.807) is 12.3 Å². The molecule has 1 aromatic carbocycles. The molecule has 0 spiro atoms. The van der Waals surface area contributed by atoms with E-state index >= 15 is 0 Å². The Bertz CT molecular complexity index is 706. The van der Waals surface area contributed by atoms with E-state index in [4.69, 9.17) is 11.6 Å². The van der Waals surface area contributed by atoms with Crippen LogP contribution in [-0.2, 0) is 0 Å². The number of nitrogens with zero attached hydrogens (tertiary/aromatic N) is 2. The summed E-state index contributed by atoms with van der Waals surface area (Å²) in [7, 11) is 0. The summed E-state index contributed by atoms with van der Waals surface area (Å²) in [4.78, 5) is 18.6. The molecule has 0 aliphatic carbocycles. The molecule has 1 amide bonds. The predicted octanol–water partition coefficient (Wildman–Crippen LogP) is 2.96. The first-order valence-electron chi connectivity index (χ1n) is 7.31. The van der Waals surface area contributed by atoms with Crippen LogP contribution in [-0.4, -0.2) is 37.1 Å². The number of anilines is 2. The predicted molar refractivity (Wildman–Crippen MR) is 95.9 cm³/mol. The van der Waals surface area contributed by atoms with Gasteiger partial charge in [-0.3, -0.25) is 4.79 Å². The number of halogens is 3. The summed E-state index contributed by atoms with van der Waals surface area (Å²) in [5, 5.41) is 6.02. The molecule has 5 nitrogen and oxygen atoms in total. The van der Waals surface area contributed by atoms with Crippen molar-refractivity contribution in [2.24, 2.45) is 0 Å². The fraction of sp³-hybridized carbons (Fsp3) is 0.250. The third kappa shape index (κ3) is 4.35. The minimum Gasteiger partial charge on any atom is -0.368 e. The maximum absolute atomic E-state index is 13.0. The van der Waals surface area contributed by atoms with Gasteiger partial charge in [0.05, 0.1) is 22.5 Å². The molecule has 1 aromatic heterocycles. The molecule has 3 rings (SSSR count). The van der Waals surface area contributed by atoms with Crippen molar-refractivity contribution in [1.82, 2.24) is 10.3 Å². The number of piperazine rings is 1. The number of benzene rings is 1. The summed E-state index contributed by atoms with van der Waals surface area (Å²) in [6.45, 7) is 3.75. The standard InChI is InChI=1S/C16H16ClFN4O.ClH/c17-14-9-11(18)1-3-13(14)16(23)21-15-4-2-12(10-20-15)22-7-5-19-6-8-22;/h1-4,9-10,19H,5-8H2,(H,20,21,23);1H. The van der Waals surface area contributed by atoms with E-state index in [1.807, 2.05) is 6.07 Å². The van der Waals surface area contributed by atoms with Crippen LogP contribution in [0, 0.1) is 5.82 Å². The highest BCUT2D eigenvalue weighted by Gasteiger charge is 2.13. The Kier molecular flexibility index (Phi) is 6.36. The van der Waals surface area contributed by atoms with Gasteiger partial charge in [0.15, 0.2) is 0 Å². The molecule has 2 aromatic rings. The third-order valence-electron chi connectivity index (χ3n) is 3.65. The number of hydrogen-bond acceptors (Lipinski definition) is 4. The number of aromatic nitrogens is 1. The van der Waals surface area contributed by atoms with E-state index in [-0.39, 0.29) is 23.0 Å². The summed E-state index contributed by atoms with van der Waals surface area (Å²) in [6.07, 6.45) is 1.73. The number of carbonyl (C=O) groups excluding carboxylic acids is 1. The zero-order chi connectivity index (χ0) is 16.2. The van der Waals surface area contributed by atoms with Crippen molar-refractivity contribution in [3.05, 3.63) is 52.9 Å². The van der Waals surface area contributed by atoms with Crippen molar-refractivity contribution < 1.29 is 9.18 Å². The molecule has 0 atom stereocenters. The first-order valence-corrected chi connectivity index (χ1v) is 7.69. The van der Waals surface area contributed by atoms with E-state index in [1.165, 1.54) is 12.1 Å². The Balaban J connectivity index is 0.00000208. The average Bonchev–Trinajstić information content (AvgIpc) is 2.56. The van der Waals surface area contributed by atoms with E-state index in [2.05, 4.69) is 20.5 Å². The van der Waals surface area contributed by atoms with Crippen molar-refractivity contribution in [1.29, 1.82) is 0 Å². The van der Waals surface area contributed by atoms with Gasteiger partial charge in [-0.15, -0.1) is 12.4 Å². The molecule has 128 valence electrons. The Hall–Kier alpha value is -1.89. The van der Waals surface area contributed by atoms with Gasteiger partial charge in [0, 0.05) is 26.2 Å². The van der Waals surface area contributed by atoms with E-state index in [0.717, 1.165) is 37.9 Å². The highest BCUT2D eigenvalue weighted by Crippen LogP contribution is 2.20. The van der Waals surface area contributed by atoms with Crippen LogP contribution in [0.15, 0.2) is 36.5 Å². The van der Waals surface area contributed by atoms with Gasteiger partial charge in [-0.05, 0) is 30.3 Å². The lowest BCUT2D eigenvalue weighted by atomic mass is 10.2. The van der Waals surface area contributed by atoms with Crippen molar-refractivity contribution in [3.8, 4) is 0 Å². The largest absolute Gasteiger partial charge is 0.368 e. The van der Waals surface area contributed by atoms with Gasteiger partial charge in [0.1, 0.15) is 11.6 Å².